The van der Waals surface area contributed by atoms with Crippen molar-refractivity contribution in [3.63, 3.8) is 0 Å². The molecule has 0 fully saturated rings. The normalized spacial score (nSPS) is 11.8. The highest BCUT2D eigenvalue weighted by molar-refractivity contribution is 5.95. The number of halogens is 5. The van der Waals surface area contributed by atoms with Gasteiger partial charge in [-0.25, -0.2) is 22.0 Å². The lowest BCUT2D eigenvalue weighted by atomic mass is 10.2. The molecule has 19 heavy (non-hydrogen) atoms. The van der Waals surface area contributed by atoms with Crippen LogP contribution in [0, 0.1) is 41.4 Å². The Morgan fingerprint density at radius 3 is 1.95 bits per heavy atom. The second-order valence-electron chi connectivity index (χ2n) is 3.45. The number of terminal acetylenes is 1. The molecule has 1 amide bonds. The molecule has 0 spiro atoms. The number of hydrogen-bond donors (Lipinski definition) is 2. The lowest BCUT2D eigenvalue weighted by Gasteiger charge is -2.12. The summed E-state index contributed by atoms with van der Waals surface area (Å²) in [5.74, 6) is -10.1. The first kappa shape index (κ1) is 14.9. The summed E-state index contributed by atoms with van der Waals surface area (Å²) in [6.45, 7) is 0. The number of nitrogens with one attached hydrogen (secondary N) is 1. The molecule has 8 heteroatoms. The molecule has 1 unspecified atom stereocenters. The molecule has 1 atom stereocenters. The number of nitrogens with two attached hydrogens (primary N) is 1. The van der Waals surface area contributed by atoms with Gasteiger partial charge in [-0.1, -0.05) is 0 Å². The van der Waals surface area contributed by atoms with Crippen molar-refractivity contribution in [3.8, 4) is 12.3 Å². The Kier molecular flexibility index (Phi) is 4.45. The topological polar surface area (TPSA) is 55.1 Å². The Bertz CT molecular complexity index is 538. The number of hydrogen-bond acceptors (Lipinski definition) is 2. The molecule has 1 rings (SSSR count). The fraction of sp³-hybridized carbons (Fsp3) is 0.182. The highest BCUT2D eigenvalue weighted by Crippen LogP contribution is 2.27. The van der Waals surface area contributed by atoms with Crippen LogP contribution in [0.5, 0.6) is 0 Å². The van der Waals surface area contributed by atoms with E-state index in [2.05, 4.69) is 0 Å². The van der Waals surface area contributed by atoms with Crippen molar-refractivity contribution in [2.24, 2.45) is 5.73 Å². The van der Waals surface area contributed by atoms with Crippen LogP contribution in [0.4, 0.5) is 27.6 Å². The first-order chi connectivity index (χ1) is 8.81. The van der Waals surface area contributed by atoms with Crippen LogP contribution in [0.25, 0.3) is 0 Å². The van der Waals surface area contributed by atoms with Crippen LogP contribution in [-0.4, -0.2) is 11.9 Å². The summed E-state index contributed by atoms with van der Waals surface area (Å²) in [4.78, 5) is 11.3. The molecule has 0 aliphatic carbocycles. The van der Waals surface area contributed by atoms with Gasteiger partial charge in [0.1, 0.15) is 5.69 Å². The van der Waals surface area contributed by atoms with E-state index >= 15 is 0 Å². The highest BCUT2D eigenvalue weighted by atomic mass is 19.2. The minimum absolute atomic E-state index is 0.263. The molecule has 3 nitrogen and oxygen atoms in total. The Morgan fingerprint density at radius 2 is 1.53 bits per heavy atom. The predicted octanol–water partition coefficient (Wildman–Crippen LogP) is 1.67. The van der Waals surface area contributed by atoms with E-state index in [1.807, 2.05) is 5.92 Å². The second-order valence-corrected chi connectivity index (χ2v) is 3.45. The average molecular weight is 278 g/mol. The summed E-state index contributed by atoms with van der Waals surface area (Å²) in [5.41, 5.74) is 3.76. The molecule has 1 aromatic rings. The van der Waals surface area contributed by atoms with Gasteiger partial charge in [0.15, 0.2) is 23.3 Å². The number of carbonyl (C=O) groups is 1. The largest absolute Gasteiger partial charge is 0.320 e. The molecule has 0 aromatic heterocycles. The van der Waals surface area contributed by atoms with E-state index in [0.717, 1.165) is 0 Å². The van der Waals surface area contributed by atoms with Crippen LogP contribution >= 0.6 is 0 Å². The minimum atomic E-state index is -2.32. The van der Waals surface area contributed by atoms with Gasteiger partial charge >= 0.3 is 0 Å². The summed E-state index contributed by atoms with van der Waals surface area (Å²) < 4.78 is 64.8. The van der Waals surface area contributed by atoms with Gasteiger partial charge in [0, 0.05) is 6.42 Å². The van der Waals surface area contributed by atoms with Gasteiger partial charge in [0.2, 0.25) is 11.7 Å². The van der Waals surface area contributed by atoms with Gasteiger partial charge in [0.25, 0.3) is 0 Å². The molecule has 0 bridgehead atoms. The predicted molar refractivity (Wildman–Crippen MR) is 56.3 cm³/mol. The van der Waals surface area contributed by atoms with Crippen molar-refractivity contribution in [2.75, 3.05) is 5.32 Å². The van der Waals surface area contributed by atoms with E-state index in [0.29, 0.717) is 0 Å². The van der Waals surface area contributed by atoms with Crippen LogP contribution in [0.15, 0.2) is 0 Å². The SMILES string of the molecule is C#CCC(N)C(=O)Nc1c(F)c(F)c(F)c(F)c1F. The molecule has 0 aliphatic rings. The zero-order valence-electron chi connectivity index (χ0n) is 9.24. The van der Waals surface area contributed by atoms with Crippen LogP contribution in [-0.2, 0) is 4.79 Å². The molecule has 1 aromatic carbocycles. The molecular formula is C11H7F5N2O. The van der Waals surface area contributed by atoms with Crippen molar-refractivity contribution >= 4 is 11.6 Å². The van der Waals surface area contributed by atoms with Crippen LogP contribution < -0.4 is 11.1 Å². The first-order valence-corrected chi connectivity index (χ1v) is 4.82. The number of benzene rings is 1. The molecule has 0 radical (unpaired) electrons. The van der Waals surface area contributed by atoms with Gasteiger partial charge < -0.3 is 11.1 Å². The minimum Gasteiger partial charge on any atom is -0.320 e. The Morgan fingerprint density at radius 1 is 1.11 bits per heavy atom. The molecule has 0 aliphatic heterocycles. The zero-order chi connectivity index (χ0) is 14.7. The lowest BCUT2D eigenvalue weighted by Crippen LogP contribution is -2.36. The third-order valence-electron chi connectivity index (χ3n) is 2.13. The maximum Gasteiger partial charge on any atom is 0.242 e. The summed E-state index contributed by atoms with van der Waals surface area (Å²) in [6, 6.07) is -1.33. The quantitative estimate of drug-likeness (QED) is 0.382. The molecule has 0 saturated carbocycles. The van der Waals surface area contributed by atoms with Gasteiger partial charge in [-0.2, -0.15) is 0 Å². The van der Waals surface area contributed by atoms with Crippen molar-refractivity contribution in [2.45, 2.75) is 12.5 Å². The summed E-state index contributed by atoms with van der Waals surface area (Å²) in [7, 11) is 0. The van der Waals surface area contributed by atoms with Gasteiger partial charge in [-0.3, -0.25) is 4.79 Å². The van der Waals surface area contributed by atoms with Crippen molar-refractivity contribution < 1.29 is 26.7 Å². The number of amides is 1. The van der Waals surface area contributed by atoms with E-state index < -0.39 is 46.7 Å². The summed E-state index contributed by atoms with van der Waals surface area (Å²) in [5, 5.41) is 1.52. The monoisotopic (exact) mass is 278 g/mol. The molecular weight excluding hydrogens is 271 g/mol. The highest BCUT2D eigenvalue weighted by Gasteiger charge is 2.27. The van der Waals surface area contributed by atoms with Crippen LogP contribution in [0.2, 0.25) is 0 Å². The maximum atomic E-state index is 13.2. The third-order valence-corrected chi connectivity index (χ3v) is 2.13. The average Bonchev–Trinajstić information content (AvgIpc) is 2.39. The third kappa shape index (κ3) is 2.82. The van der Waals surface area contributed by atoms with Crippen molar-refractivity contribution in [3.05, 3.63) is 29.1 Å². The molecule has 3 N–H and O–H groups in total. The van der Waals surface area contributed by atoms with Crippen molar-refractivity contribution in [1.82, 2.24) is 0 Å². The zero-order valence-corrected chi connectivity index (χ0v) is 9.24. The van der Waals surface area contributed by atoms with Crippen LogP contribution in [0.1, 0.15) is 6.42 Å². The van der Waals surface area contributed by atoms with Gasteiger partial charge in [0.05, 0.1) is 6.04 Å². The van der Waals surface area contributed by atoms with E-state index in [-0.39, 0.29) is 6.42 Å². The fourth-order valence-electron chi connectivity index (χ4n) is 1.15. The fourth-order valence-corrected chi connectivity index (χ4v) is 1.15. The maximum absolute atomic E-state index is 13.2. The Balaban J connectivity index is 3.16. The lowest BCUT2D eigenvalue weighted by molar-refractivity contribution is -0.117. The number of rotatable bonds is 3. The van der Waals surface area contributed by atoms with Crippen molar-refractivity contribution in [1.29, 1.82) is 0 Å². The van der Waals surface area contributed by atoms with E-state index in [1.165, 1.54) is 5.32 Å². The van der Waals surface area contributed by atoms with E-state index in [4.69, 9.17) is 12.2 Å². The molecule has 102 valence electrons. The standard InChI is InChI=1S/C11H7F5N2O/c1-2-3-4(17)11(19)18-10-8(15)6(13)5(12)7(14)9(10)16/h1,4H,3,17H2,(H,18,19). The number of carbonyl (C=O) groups excluding carboxylic acids is 1. The second kappa shape index (κ2) is 5.67. The smallest absolute Gasteiger partial charge is 0.242 e. The summed E-state index contributed by atoms with van der Waals surface area (Å²) in [6.07, 6.45) is 4.60. The van der Waals surface area contributed by atoms with Gasteiger partial charge in [-0.15, -0.1) is 12.3 Å². The van der Waals surface area contributed by atoms with E-state index in [9.17, 15) is 26.7 Å². The van der Waals surface area contributed by atoms with Gasteiger partial charge in [-0.05, 0) is 0 Å². The summed E-state index contributed by atoms with van der Waals surface area (Å²) >= 11 is 0. The number of anilines is 1. The first-order valence-electron chi connectivity index (χ1n) is 4.82. The molecule has 0 saturated heterocycles. The Labute approximate surface area is 104 Å². The van der Waals surface area contributed by atoms with E-state index in [1.54, 1.807) is 0 Å². The Hall–Kier alpha value is -2.14. The molecule has 0 heterocycles. The van der Waals surface area contributed by atoms with Crippen LogP contribution in [0.3, 0.4) is 0 Å².